The first-order valence-electron chi connectivity index (χ1n) is 6.32. The van der Waals surface area contributed by atoms with Crippen molar-refractivity contribution in [1.82, 2.24) is 10.9 Å². The Hall–Kier alpha value is -1.10. The number of amides is 1. The van der Waals surface area contributed by atoms with Crippen molar-refractivity contribution in [2.75, 3.05) is 5.32 Å². The summed E-state index contributed by atoms with van der Waals surface area (Å²) in [4.78, 5) is 12.2. The zero-order valence-corrected chi connectivity index (χ0v) is 10.7. The topological polar surface area (TPSA) is 53.2 Å². The number of halogens is 1. The van der Waals surface area contributed by atoms with Gasteiger partial charge in [0.15, 0.2) is 0 Å². The minimum atomic E-state index is -0.159. The molecule has 1 heterocycles. The van der Waals surface area contributed by atoms with Crippen LogP contribution >= 0.6 is 11.6 Å². The lowest BCUT2D eigenvalue weighted by Gasteiger charge is -2.16. The average Bonchev–Trinajstić information content (AvgIpc) is 2.93. The van der Waals surface area contributed by atoms with Gasteiger partial charge in [-0.25, -0.2) is 5.43 Å². The van der Waals surface area contributed by atoms with Gasteiger partial charge in [0.2, 0.25) is 5.91 Å². The Kier molecular flexibility index (Phi) is 3.24. The maximum absolute atomic E-state index is 12.2. The van der Waals surface area contributed by atoms with Crippen LogP contribution in [0.3, 0.4) is 0 Å². The molecule has 3 atom stereocenters. The molecule has 5 heteroatoms. The van der Waals surface area contributed by atoms with Gasteiger partial charge in [-0.1, -0.05) is 30.2 Å². The van der Waals surface area contributed by atoms with E-state index >= 15 is 0 Å². The normalized spacial score (nSPS) is 30.2. The molecule has 3 rings (SSSR count). The van der Waals surface area contributed by atoms with Gasteiger partial charge in [0, 0.05) is 12.0 Å². The van der Waals surface area contributed by atoms with Crippen LogP contribution in [0.2, 0.25) is 5.02 Å². The first-order chi connectivity index (χ1) is 8.75. The van der Waals surface area contributed by atoms with E-state index in [0.29, 0.717) is 22.7 Å². The molecule has 0 bridgehead atoms. The van der Waals surface area contributed by atoms with E-state index in [-0.39, 0.29) is 11.9 Å². The van der Waals surface area contributed by atoms with Gasteiger partial charge < -0.3 is 5.32 Å². The molecule has 1 aliphatic carbocycles. The van der Waals surface area contributed by atoms with E-state index in [0.717, 1.165) is 12.8 Å². The van der Waals surface area contributed by atoms with Crippen LogP contribution in [0.1, 0.15) is 19.3 Å². The van der Waals surface area contributed by atoms with Gasteiger partial charge in [0.1, 0.15) is 6.04 Å². The molecule has 0 aromatic heterocycles. The quantitative estimate of drug-likeness (QED) is 0.766. The maximum Gasteiger partial charge on any atom is 0.243 e. The van der Waals surface area contributed by atoms with E-state index in [1.165, 1.54) is 6.42 Å². The Balaban J connectivity index is 1.70. The first-order valence-corrected chi connectivity index (χ1v) is 6.70. The van der Waals surface area contributed by atoms with Crippen molar-refractivity contribution in [3.63, 3.8) is 0 Å². The molecule has 1 saturated carbocycles. The van der Waals surface area contributed by atoms with Gasteiger partial charge in [-0.3, -0.25) is 10.2 Å². The number of hydrogen-bond donors (Lipinski definition) is 3. The fourth-order valence-corrected chi connectivity index (χ4v) is 3.09. The minimum absolute atomic E-state index is 0.00926. The van der Waals surface area contributed by atoms with E-state index in [4.69, 9.17) is 11.6 Å². The Bertz CT molecular complexity index is 465. The number of benzene rings is 1. The predicted octanol–water partition coefficient (Wildman–Crippen LogP) is 1.92. The Morgan fingerprint density at radius 1 is 1.28 bits per heavy atom. The second-order valence-corrected chi connectivity index (χ2v) is 5.34. The highest BCUT2D eigenvalue weighted by atomic mass is 35.5. The van der Waals surface area contributed by atoms with Crippen molar-refractivity contribution in [3.8, 4) is 0 Å². The molecule has 3 unspecified atom stereocenters. The molecule has 96 valence electrons. The molecule has 1 aromatic rings. The molecule has 0 radical (unpaired) electrons. The monoisotopic (exact) mass is 265 g/mol. The van der Waals surface area contributed by atoms with Crippen molar-refractivity contribution in [3.05, 3.63) is 29.3 Å². The van der Waals surface area contributed by atoms with Crippen LogP contribution in [-0.4, -0.2) is 18.0 Å². The number of hydrazine groups is 1. The van der Waals surface area contributed by atoms with Crippen LogP contribution in [0.25, 0.3) is 0 Å². The summed E-state index contributed by atoms with van der Waals surface area (Å²) in [6, 6.07) is 7.58. The highest BCUT2D eigenvalue weighted by molar-refractivity contribution is 6.33. The van der Waals surface area contributed by atoms with E-state index in [1.54, 1.807) is 6.07 Å². The van der Waals surface area contributed by atoms with E-state index < -0.39 is 0 Å². The third kappa shape index (κ3) is 2.11. The molecule has 1 aliphatic heterocycles. The second kappa shape index (κ2) is 4.88. The predicted molar refractivity (Wildman–Crippen MR) is 71.3 cm³/mol. The molecule has 18 heavy (non-hydrogen) atoms. The summed E-state index contributed by atoms with van der Waals surface area (Å²) >= 11 is 6.04. The van der Waals surface area contributed by atoms with Crippen molar-refractivity contribution in [2.45, 2.75) is 31.3 Å². The summed E-state index contributed by atoms with van der Waals surface area (Å²) < 4.78 is 0. The third-order valence-electron chi connectivity index (χ3n) is 3.84. The summed E-state index contributed by atoms with van der Waals surface area (Å²) in [5.41, 5.74) is 6.97. The zero-order valence-electron chi connectivity index (χ0n) is 9.95. The highest BCUT2D eigenvalue weighted by Crippen LogP contribution is 2.32. The summed E-state index contributed by atoms with van der Waals surface area (Å²) in [7, 11) is 0. The van der Waals surface area contributed by atoms with Crippen LogP contribution in [0.4, 0.5) is 5.69 Å². The van der Waals surface area contributed by atoms with Crippen molar-refractivity contribution < 1.29 is 4.79 Å². The smallest absolute Gasteiger partial charge is 0.243 e. The molecular formula is C13H16ClN3O. The Labute approximate surface area is 111 Å². The number of rotatable bonds is 2. The van der Waals surface area contributed by atoms with E-state index in [2.05, 4.69) is 16.2 Å². The fraction of sp³-hybridized carbons (Fsp3) is 0.462. The lowest BCUT2D eigenvalue weighted by atomic mass is 9.96. The largest absolute Gasteiger partial charge is 0.323 e. The molecule has 2 fully saturated rings. The van der Waals surface area contributed by atoms with E-state index in [1.807, 2.05) is 18.2 Å². The van der Waals surface area contributed by atoms with Gasteiger partial charge >= 0.3 is 0 Å². The summed E-state index contributed by atoms with van der Waals surface area (Å²) in [6.45, 7) is 0. The Morgan fingerprint density at radius 2 is 2.11 bits per heavy atom. The Morgan fingerprint density at radius 3 is 2.94 bits per heavy atom. The molecular weight excluding hydrogens is 250 g/mol. The number of carbonyl (C=O) groups excluding carboxylic acids is 1. The van der Waals surface area contributed by atoms with Gasteiger partial charge in [-0.15, -0.1) is 0 Å². The van der Waals surface area contributed by atoms with Gasteiger partial charge in [-0.05, 0) is 25.0 Å². The summed E-state index contributed by atoms with van der Waals surface area (Å²) in [6.07, 6.45) is 3.44. The van der Waals surface area contributed by atoms with Crippen LogP contribution in [0, 0.1) is 5.92 Å². The van der Waals surface area contributed by atoms with Crippen LogP contribution < -0.4 is 16.2 Å². The average molecular weight is 266 g/mol. The lowest BCUT2D eigenvalue weighted by molar-refractivity contribution is -0.118. The molecule has 1 saturated heterocycles. The highest BCUT2D eigenvalue weighted by Gasteiger charge is 2.42. The van der Waals surface area contributed by atoms with Gasteiger partial charge in [0.25, 0.3) is 0 Å². The summed E-state index contributed by atoms with van der Waals surface area (Å²) in [5, 5.41) is 3.46. The number of carbonyl (C=O) groups is 1. The maximum atomic E-state index is 12.2. The van der Waals surface area contributed by atoms with Crippen molar-refractivity contribution in [2.24, 2.45) is 5.92 Å². The molecule has 1 amide bonds. The SMILES string of the molecule is O=C(Nc1ccccc1Cl)C1NNC2CCCC21. The number of anilines is 1. The number of fused-ring (bicyclic) bond motifs is 1. The zero-order chi connectivity index (χ0) is 12.5. The fourth-order valence-electron chi connectivity index (χ4n) is 2.90. The second-order valence-electron chi connectivity index (χ2n) is 4.94. The van der Waals surface area contributed by atoms with Crippen LogP contribution in [0.15, 0.2) is 24.3 Å². The van der Waals surface area contributed by atoms with Gasteiger partial charge in [0.05, 0.1) is 10.7 Å². The first kappa shape index (κ1) is 12.0. The lowest BCUT2D eigenvalue weighted by Crippen LogP contribution is -2.42. The van der Waals surface area contributed by atoms with Crippen LogP contribution in [0.5, 0.6) is 0 Å². The van der Waals surface area contributed by atoms with Gasteiger partial charge in [-0.2, -0.15) is 0 Å². The number of nitrogens with one attached hydrogen (secondary N) is 3. The summed E-state index contributed by atoms with van der Waals surface area (Å²) in [5.74, 6) is 0.387. The molecule has 4 nitrogen and oxygen atoms in total. The van der Waals surface area contributed by atoms with E-state index in [9.17, 15) is 4.79 Å². The van der Waals surface area contributed by atoms with Crippen molar-refractivity contribution >= 4 is 23.2 Å². The molecule has 0 spiro atoms. The number of para-hydroxylation sites is 1. The third-order valence-corrected chi connectivity index (χ3v) is 4.17. The van der Waals surface area contributed by atoms with Crippen molar-refractivity contribution in [1.29, 1.82) is 0 Å². The standard InChI is InChI=1S/C13H16ClN3O/c14-9-5-1-2-6-11(9)15-13(18)12-8-4-3-7-10(8)16-17-12/h1-2,5-6,8,10,12,16-17H,3-4,7H2,(H,15,18). The number of hydrogen-bond acceptors (Lipinski definition) is 3. The molecule has 1 aromatic carbocycles. The van der Waals surface area contributed by atoms with Crippen LogP contribution in [-0.2, 0) is 4.79 Å². The molecule has 3 N–H and O–H groups in total. The molecule has 2 aliphatic rings. The minimum Gasteiger partial charge on any atom is -0.323 e.